The van der Waals surface area contributed by atoms with Crippen molar-refractivity contribution in [3.63, 3.8) is 0 Å². The SMILES string of the molecule is COCCN1C(=O)[C@@H]2[C@@H]([C@@H](C)O)N[C@@]3(C(=O)Nc4c(C)cc(Cl)cc43)[C@@H]2C1=O. The molecule has 150 valence electrons. The average Bonchev–Trinajstić information content (AvgIpc) is 3.21. The molecule has 3 aliphatic heterocycles. The Kier molecular flexibility index (Phi) is 4.50. The van der Waals surface area contributed by atoms with Gasteiger partial charge in [0.05, 0.1) is 31.1 Å². The van der Waals surface area contributed by atoms with Crippen molar-refractivity contribution in [2.45, 2.75) is 31.5 Å². The second kappa shape index (κ2) is 6.52. The number of benzene rings is 1. The zero-order valence-corrected chi connectivity index (χ0v) is 16.5. The van der Waals surface area contributed by atoms with Crippen molar-refractivity contribution in [3.8, 4) is 0 Å². The molecular weight excluding hydrogens is 386 g/mol. The van der Waals surface area contributed by atoms with Crippen LogP contribution in [0.3, 0.4) is 0 Å². The molecule has 1 aromatic rings. The molecule has 1 aromatic carbocycles. The number of carbonyl (C=O) groups is 3. The van der Waals surface area contributed by atoms with Gasteiger partial charge in [0.1, 0.15) is 5.54 Å². The zero-order valence-electron chi connectivity index (χ0n) is 15.8. The minimum absolute atomic E-state index is 0.104. The fourth-order valence-corrected chi connectivity index (χ4v) is 5.11. The van der Waals surface area contributed by atoms with E-state index in [1.165, 1.54) is 7.11 Å². The van der Waals surface area contributed by atoms with Crippen LogP contribution < -0.4 is 10.6 Å². The summed E-state index contributed by atoms with van der Waals surface area (Å²) in [5.74, 6) is -3.07. The molecule has 0 saturated carbocycles. The highest BCUT2D eigenvalue weighted by molar-refractivity contribution is 6.31. The molecule has 3 N–H and O–H groups in total. The second-order valence-electron chi connectivity index (χ2n) is 7.64. The first-order valence-corrected chi connectivity index (χ1v) is 9.53. The molecule has 28 heavy (non-hydrogen) atoms. The normalized spacial score (nSPS) is 32.1. The molecule has 3 heterocycles. The summed E-state index contributed by atoms with van der Waals surface area (Å²) in [7, 11) is 1.49. The standard InChI is InChI=1S/C19H22ClN3O5/c1-8-6-10(20)7-11-14(8)21-18(27)19(11)13-12(15(22-19)9(2)24)16(25)23(17(13)26)4-5-28-3/h6-7,9,12-13,15,22,24H,4-5H2,1-3H3,(H,21,27)/t9-,12+,13+,15-,19-/m1/s1. The fourth-order valence-electron chi connectivity index (χ4n) is 4.84. The van der Waals surface area contributed by atoms with Crippen molar-refractivity contribution in [2.75, 3.05) is 25.6 Å². The molecule has 4 rings (SSSR count). The van der Waals surface area contributed by atoms with Crippen LogP contribution in [-0.4, -0.2) is 60.1 Å². The van der Waals surface area contributed by atoms with Crippen molar-refractivity contribution < 1.29 is 24.2 Å². The van der Waals surface area contributed by atoms with E-state index in [4.69, 9.17) is 16.3 Å². The molecule has 3 aliphatic rings. The first-order chi connectivity index (χ1) is 13.2. The van der Waals surface area contributed by atoms with E-state index in [9.17, 15) is 19.5 Å². The van der Waals surface area contributed by atoms with Crippen molar-refractivity contribution in [1.29, 1.82) is 0 Å². The third-order valence-corrected chi connectivity index (χ3v) is 6.27. The van der Waals surface area contributed by atoms with Crippen molar-refractivity contribution >= 4 is 35.0 Å². The lowest BCUT2D eigenvalue weighted by atomic mass is 9.76. The van der Waals surface area contributed by atoms with Crippen molar-refractivity contribution in [2.24, 2.45) is 11.8 Å². The number of aliphatic hydroxyl groups is 1. The van der Waals surface area contributed by atoms with Gasteiger partial charge in [0.2, 0.25) is 17.7 Å². The number of ether oxygens (including phenoxy) is 1. The number of nitrogens with one attached hydrogen (secondary N) is 2. The Morgan fingerprint density at radius 2 is 2.04 bits per heavy atom. The molecule has 1 spiro atoms. The summed E-state index contributed by atoms with van der Waals surface area (Å²) in [6.07, 6.45) is -0.942. The predicted octanol–water partition coefficient (Wildman–Crippen LogP) is 0.396. The number of anilines is 1. The Balaban J connectivity index is 1.89. The molecule has 0 aromatic heterocycles. The van der Waals surface area contributed by atoms with Crippen LogP contribution in [0.1, 0.15) is 18.1 Å². The maximum Gasteiger partial charge on any atom is 0.250 e. The molecule has 0 unspecified atom stereocenters. The molecule has 3 amide bonds. The summed E-state index contributed by atoms with van der Waals surface area (Å²) in [4.78, 5) is 40.7. The van der Waals surface area contributed by atoms with E-state index in [2.05, 4.69) is 10.6 Å². The molecule has 2 saturated heterocycles. The molecular formula is C19H22ClN3O5. The molecule has 5 atom stereocenters. The summed E-state index contributed by atoms with van der Waals surface area (Å²) in [5, 5.41) is 16.7. The van der Waals surface area contributed by atoms with Gasteiger partial charge in [-0.2, -0.15) is 0 Å². The van der Waals surface area contributed by atoms with Gasteiger partial charge in [0.15, 0.2) is 0 Å². The highest BCUT2D eigenvalue weighted by Gasteiger charge is 2.71. The molecule has 0 aliphatic carbocycles. The number of hydrogen-bond acceptors (Lipinski definition) is 6. The van der Waals surface area contributed by atoms with Gasteiger partial charge in [0.25, 0.3) is 0 Å². The Morgan fingerprint density at radius 3 is 2.68 bits per heavy atom. The number of carbonyl (C=O) groups excluding carboxylic acids is 3. The van der Waals surface area contributed by atoms with E-state index in [-0.39, 0.29) is 13.2 Å². The van der Waals surface area contributed by atoms with Gasteiger partial charge in [-0.1, -0.05) is 11.6 Å². The lowest BCUT2D eigenvalue weighted by Crippen LogP contribution is -2.55. The Morgan fingerprint density at radius 1 is 1.32 bits per heavy atom. The van der Waals surface area contributed by atoms with Crippen LogP contribution in [0.2, 0.25) is 5.02 Å². The number of likely N-dealkylation sites (tertiary alicyclic amines) is 1. The summed E-state index contributed by atoms with van der Waals surface area (Å²) in [5.41, 5.74) is 0.434. The topological polar surface area (TPSA) is 108 Å². The van der Waals surface area contributed by atoms with E-state index in [0.29, 0.717) is 16.3 Å². The minimum Gasteiger partial charge on any atom is -0.392 e. The van der Waals surface area contributed by atoms with Gasteiger partial charge in [-0.3, -0.25) is 24.6 Å². The van der Waals surface area contributed by atoms with E-state index in [1.807, 2.05) is 6.92 Å². The maximum absolute atomic E-state index is 13.3. The van der Waals surface area contributed by atoms with Gasteiger partial charge in [-0.15, -0.1) is 0 Å². The van der Waals surface area contributed by atoms with E-state index < -0.39 is 47.2 Å². The number of rotatable bonds is 4. The summed E-state index contributed by atoms with van der Waals surface area (Å²) in [6.45, 7) is 3.66. The third kappa shape index (κ3) is 2.38. The molecule has 9 heteroatoms. The molecule has 0 bridgehead atoms. The number of aliphatic hydroxyl groups excluding tert-OH is 1. The van der Waals surface area contributed by atoms with Gasteiger partial charge in [-0.05, 0) is 31.5 Å². The number of aryl methyl sites for hydroxylation is 1. The number of imide groups is 1. The van der Waals surface area contributed by atoms with Crippen LogP contribution in [0, 0.1) is 18.8 Å². The number of amides is 3. The van der Waals surface area contributed by atoms with Crippen LogP contribution >= 0.6 is 11.6 Å². The van der Waals surface area contributed by atoms with Crippen LogP contribution in [0.5, 0.6) is 0 Å². The maximum atomic E-state index is 13.3. The van der Waals surface area contributed by atoms with Crippen LogP contribution in [-0.2, 0) is 24.7 Å². The monoisotopic (exact) mass is 407 g/mol. The highest BCUT2D eigenvalue weighted by Crippen LogP contribution is 2.54. The van der Waals surface area contributed by atoms with Crippen LogP contribution in [0.15, 0.2) is 12.1 Å². The van der Waals surface area contributed by atoms with Gasteiger partial charge in [0, 0.05) is 29.4 Å². The lowest BCUT2D eigenvalue weighted by molar-refractivity contribution is -0.143. The van der Waals surface area contributed by atoms with Gasteiger partial charge in [-0.25, -0.2) is 0 Å². The number of fused-ring (bicyclic) bond motifs is 4. The van der Waals surface area contributed by atoms with E-state index in [0.717, 1.165) is 10.5 Å². The van der Waals surface area contributed by atoms with E-state index in [1.54, 1.807) is 19.1 Å². The van der Waals surface area contributed by atoms with Crippen molar-refractivity contribution in [1.82, 2.24) is 10.2 Å². The van der Waals surface area contributed by atoms with Crippen LogP contribution in [0.4, 0.5) is 5.69 Å². The summed E-state index contributed by atoms with van der Waals surface area (Å²) < 4.78 is 5.01. The second-order valence-corrected chi connectivity index (χ2v) is 8.08. The largest absolute Gasteiger partial charge is 0.392 e. The first-order valence-electron chi connectivity index (χ1n) is 9.16. The van der Waals surface area contributed by atoms with Crippen LogP contribution in [0.25, 0.3) is 0 Å². The van der Waals surface area contributed by atoms with Crippen molar-refractivity contribution in [3.05, 3.63) is 28.3 Å². The van der Waals surface area contributed by atoms with Gasteiger partial charge >= 0.3 is 0 Å². The molecule has 0 radical (unpaired) electrons. The highest BCUT2D eigenvalue weighted by atomic mass is 35.5. The number of methoxy groups -OCH3 is 1. The first kappa shape index (κ1) is 19.3. The Hall–Kier alpha value is -2.00. The van der Waals surface area contributed by atoms with Gasteiger partial charge < -0.3 is 15.2 Å². The summed E-state index contributed by atoms with van der Waals surface area (Å²) >= 11 is 6.25. The lowest BCUT2D eigenvalue weighted by Gasteiger charge is -2.30. The average molecular weight is 408 g/mol. The van der Waals surface area contributed by atoms with E-state index >= 15 is 0 Å². The number of halogens is 1. The molecule has 8 nitrogen and oxygen atoms in total. The Labute approximate surface area is 167 Å². The minimum atomic E-state index is -1.45. The fraction of sp³-hybridized carbons (Fsp3) is 0.526. The smallest absolute Gasteiger partial charge is 0.250 e. The Bertz CT molecular complexity index is 889. The number of hydrogen-bond donors (Lipinski definition) is 3. The zero-order chi connectivity index (χ0) is 20.4. The predicted molar refractivity (Wildman–Crippen MR) is 101 cm³/mol. The molecule has 2 fully saturated rings. The third-order valence-electron chi connectivity index (χ3n) is 6.05. The summed E-state index contributed by atoms with van der Waals surface area (Å²) in [6, 6.07) is 2.63. The quantitative estimate of drug-likeness (QED) is 0.623. The number of nitrogens with zero attached hydrogens (tertiary/aromatic N) is 1.